The molecule has 8 N–H and O–H groups in total. The molecule has 20 heavy (non-hydrogen) atoms. The zero-order valence-electron chi connectivity index (χ0n) is 10.6. The van der Waals surface area contributed by atoms with E-state index in [2.05, 4.69) is 20.0 Å². The number of hydrogen-bond acceptors (Lipinski definition) is 3. The maximum absolute atomic E-state index is 11.3. The van der Waals surface area contributed by atoms with Crippen LogP contribution in [0.15, 0.2) is 31.7 Å². The molecule has 9 nitrogen and oxygen atoms in total. The Kier molecular flexibility index (Phi) is 3.25. The van der Waals surface area contributed by atoms with Gasteiger partial charge in [0.15, 0.2) is 5.96 Å². The predicted molar refractivity (Wildman–Crippen MR) is 77.0 cm³/mol. The number of nitrogens with one attached hydrogen (secondary N) is 2. The molecule has 104 valence electrons. The molecular formula is C11H13N7O2. The zero-order chi connectivity index (χ0) is 14.9. The third kappa shape index (κ3) is 2.66. The highest BCUT2D eigenvalue weighted by atomic mass is 16.2. The van der Waals surface area contributed by atoms with E-state index in [0.29, 0.717) is 16.7 Å². The molecule has 0 spiro atoms. The van der Waals surface area contributed by atoms with Gasteiger partial charge in [-0.2, -0.15) is 4.99 Å². The van der Waals surface area contributed by atoms with E-state index in [0.717, 1.165) is 5.56 Å². The lowest BCUT2D eigenvalue weighted by atomic mass is 10.1. The average molecular weight is 275 g/mol. The second-order valence-electron chi connectivity index (χ2n) is 4.10. The van der Waals surface area contributed by atoms with Crippen molar-refractivity contribution in [3.8, 4) is 0 Å². The fourth-order valence-corrected chi connectivity index (χ4v) is 1.66. The minimum atomic E-state index is -0.742. The van der Waals surface area contributed by atoms with E-state index in [1.54, 1.807) is 19.1 Å². The van der Waals surface area contributed by atoms with Crippen molar-refractivity contribution in [1.29, 1.82) is 0 Å². The molecule has 1 aromatic heterocycles. The first-order valence-corrected chi connectivity index (χ1v) is 5.57. The number of nitrogens with two attached hydrogens (primary N) is 3. The Labute approximate surface area is 112 Å². The van der Waals surface area contributed by atoms with Gasteiger partial charge < -0.3 is 27.2 Å². The monoisotopic (exact) mass is 275 g/mol. The highest BCUT2D eigenvalue weighted by molar-refractivity contribution is 5.94. The van der Waals surface area contributed by atoms with Crippen LogP contribution in [-0.2, 0) is 0 Å². The fourth-order valence-electron chi connectivity index (χ4n) is 1.66. The summed E-state index contributed by atoms with van der Waals surface area (Å²) in [6.07, 6.45) is 0. The smallest absolute Gasteiger partial charge is 0.314 e. The van der Waals surface area contributed by atoms with Crippen molar-refractivity contribution in [3.63, 3.8) is 0 Å². The molecule has 0 saturated heterocycles. The van der Waals surface area contributed by atoms with E-state index in [9.17, 15) is 9.59 Å². The molecule has 2 rings (SSSR count). The van der Waals surface area contributed by atoms with Crippen LogP contribution >= 0.6 is 0 Å². The number of aromatic amines is 2. The molecule has 0 unspecified atom stereocenters. The van der Waals surface area contributed by atoms with Crippen molar-refractivity contribution >= 4 is 28.6 Å². The number of benzene rings is 1. The quantitative estimate of drug-likeness (QED) is 0.248. The largest absolute Gasteiger partial charge is 0.370 e. The van der Waals surface area contributed by atoms with Gasteiger partial charge in [-0.15, -0.1) is 0 Å². The van der Waals surface area contributed by atoms with Gasteiger partial charge in [0.05, 0.1) is 16.7 Å². The van der Waals surface area contributed by atoms with Crippen LogP contribution in [0, 0.1) is 6.92 Å². The number of nitrogens with zero attached hydrogens (tertiary/aromatic N) is 2. The summed E-state index contributed by atoms with van der Waals surface area (Å²) in [5, 5.41) is 0. The van der Waals surface area contributed by atoms with Gasteiger partial charge in [0.2, 0.25) is 5.96 Å². The van der Waals surface area contributed by atoms with E-state index < -0.39 is 11.1 Å². The topological polar surface area (TPSA) is 168 Å². The molecule has 0 fully saturated rings. The molecule has 1 heterocycles. The third-order valence-electron chi connectivity index (χ3n) is 2.52. The van der Waals surface area contributed by atoms with Crippen LogP contribution in [0.3, 0.4) is 0 Å². The molecule has 0 aliphatic carbocycles. The van der Waals surface area contributed by atoms with Crippen LogP contribution < -0.4 is 28.3 Å². The van der Waals surface area contributed by atoms with E-state index in [1.807, 2.05) is 0 Å². The first-order chi connectivity index (χ1) is 9.36. The third-order valence-corrected chi connectivity index (χ3v) is 2.52. The summed E-state index contributed by atoms with van der Waals surface area (Å²) < 4.78 is 0. The lowest BCUT2D eigenvalue weighted by molar-refractivity contribution is 1.14. The standard InChI is InChI=1S/C11H13N7O2/c1-4-2-6-7(16-9(20)8(19)15-6)3-5(4)17-11(14)18-10(12)13/h2-3H,1H3,(H,15,19)(H,16,20)(H6,12,13,14,17,18). The predicted octanol–water partition coefficient (Wildman–Crippen LogP) is -1.26. The van der Waals surface area contributed by atoms with Gasteiger partial charge in [-0.05, 0) is 24.6 Å². The Balaban J connectivity index is 2.64. The first kappa shape index (κ1) is 13.3. The Morgan fingerprint density at radius 1 is 1.05 bits per heavy atom. The highest BCUT2D eigenvalue weighted by Crippen LogP contribution is 2.22. The van der Waals surface area contributed by atoms with Crippen molar-refractivity contribution in [1.82, 2.24) is 9.97 Å². The molecule has 0 bridgehead atoms. The number of aliphatic imine (C=N–C) groups is 2. The van der Waals surface area contributed by atoms with Gasteiger partial charge in [-0.1, -0.05) is 0 Å². The fraction of sp³-hybridized carbons (Fsp3) is 0.0909. The number of aryl methyl sites for hydroxylation is 1. The van der Waals surface area contributed by atoms with Crippen LogP contribution in [0.1, 0.15) is 5.56 Å². The van der Waals surface area contributed by atoms with Crippen molar-refractivity contribution in [2.24, 2.45) is 27.2 Å². The van der Waals surface area contributed by atoms with Crippen molar-refractivity contribution in [2.45, 2.75) is 6.92 Å². The number of guanidine groups is 2. The second kappa shape index (κ2) is 4.88. The van der Waals surface area contributed by atoms with Crippen molar-refractivity contribution < 1.29 is 0 Å². The summed E-state index contributed by atoms with van der Waals surface area (Å²) in [6, 6.07) is 3.23. The van der Waals surface area contributed by atoms with Gasteiger partial charge in [-0.3, -0.25) is 9.59 Å². The summed E-state index contributed by atoms with van der Waals surface area (Å²) >= 11 is 0. The van der Waals surface area contributed by atoms with Gasteiger partial charge in [-0.25, -0.2) is 4.99 Å². The van der Waals surface area contributed by atoms with Crippen LogP contribution in [0.5, 0.6) is 0 Å². The van der Waals surface area contributed by atoms with Crippen LogP contribution in [0.2, 0.25) is 0 Å². The Bertz CT molecular complexity index is 840. The molecule has 0 aliphatic heterocycles. The Morgan fingerprint density at radius 2 is 1.60 bits per heavy atom. The molecule has 0 saturated carbocycles. The Hall–Kier alpha value is -3.10. The SMILES string of the molecule is Cc1cc2[nH]c(=O)c(=O)[nH]c2cc1N=C(N)N=C(N)N. The van der Waals surface area contributed by atoms with Gasteiger partial charge in [0.1, 0.15) is 0 Å². The number of hydrogen-bond donors (Lipinski definition) is 5. The molecule has 1 aromatic carbocycles. The molecule has 0 amide bonds. The maximum atomic E-state index is 11.3. The highest BCUT2D eigenvalue weighted by Gasteiger charge is 2.04. The van der Waals surface area contributed by atoms with E-state index >= 15 is 0 Å². The summed E-state index contributed by atoms with van der Waals surface area (Å²) in [4.78, 5) is 35.1. The maximum Gasteiger partial charge on any atom is 0.314 e. The minimum Gasteiger partial charge on any atom is -0.370 e. The average Bonchev–Trinajstić information content (AvgIpc) is 2.32. The van der Waals surface area contributed by atoms with E-state index in [4.69, 9.17) is 17.2 Å². The van der Waals surface area contributed by atoms with Gasteiger partial charge >= 0.3 is 11.1 Å². The van der Waals surface area contributed by atoms with Crippen molar-refractivity contribution in [3.05, 3.63) is 38.4 Å². The van der Waals surface area contributed by atoms with Crippen molar-refractivity contribution in [2.75, 3.05) is 0 Å². The molecule has 2 aromatic rings. The molecule has 0 atom stereocenters. The Morgan fingerprint density at radius 3 is 2.15 bits per heavy atom. The summed E-state index contributed by atoms with van der Waals surface area (Å²) in [5.74, 6) is -0.318. The van der Waals surface area contributed by atoms with E-state index in [-0.39, 0.29) is 11.9 Å². The number of rotatable bonds is 1. The van der Waals surface area contributed by atoms with Gasteiger partial charge in [0.25, 0.3) is 0 Å². The summed E-state index contributed by atoms with van der Waals surface area (Å²) in [6.45, 7) is 1.77. The summed E-state index contributed by atoms with van der Waals surface area (Å²) in [7, 11) is 0. The number of H-pyrrole nitrogens is 2. The van der Waals surface area contributed by atoms with Crippen LogP contribution in [0.4, 0.5) is 5.69 Å². The normalized spacial score (nSPS) is 11.6. The first-order valence-electron chi connectivity index (χ1n) is 5.57. The lowest BCUT2D eigenvalue weighted by Gasteiger charge is -2.04. The number of aromatic nitrogens is 2. The van der Waals surface area contributed by atoms with E-state index in [1.165, 1.54) is 0 Å². The minimum absolute atomic E-state index is 0.112. The molecule has 9 heteroatoms. The number of fused-ring (bicyclic) bond motifs is 1. The zero-order valence-corrected chi connectivity index (χ0v) is 10.6. The van der Waals surface area contributed by atoms with Crippen LogP contribution in [-0.4, -0.2) is 21.9 Å². The molecule has 0 radical (unpaired) electrons. The van der Waals surface area contributed by atoms with Crippen LogP contribution in [0.25, 0.3) is 11.0 Å². The summed E-state index contributed by atoms with van der Waals surface area (Å²) in [5.41, 5.74) is 16.6. The lowest BCUT2D eigenvalue weighted by Crippen LogP contribution is -2.28. The van der Waals surface area contributed by atoms with Gasteiger partial charge in [0, 0.05) is 0 Å². The molecular weight excluding hydrogens is 262 g/mol. The second-order valence-corrected chi connectivity index (χ2v) is 4.10. The molecule has 0 aliphatic rings.